The van der Waals surface area contributed by atoms with E-state index in [1.165, 1.54) is 11.8 Å². The van der Waals surface area contributed by atoms with E-state index >= 15 is 0 Å². The lowest BCUT2D eigenvalue weighted by molar-refractivity contribution is -0.115. The second-order valence-corrected chi connectivity index (χ2v) is 8.32. The standard InChI is InChI=1S/C16H14Cl2N4OS2/c1-9(15(23)19-12-8-10(17)5-6-11(12)18)25-16-21-20-14(22(16)2)13-4-3-7-24-13/h3-9H,1-2H3,(H,19,23). The quantitative estimate of drug-likeness (QED) is 0.600. The van der Waals surface area contributed by atoms with Crippen LogP contribution in [0.1, 0.15) is 6.92 Å². The van der Waals surface area contributed by atoms with Crippen LogP contribution in [0, 0.1) is 0 Å². The number of carbonyl (C=O) groups excluding carboxylic acids is 1. The molecular formula is C16H14Cl2N4OS2. The van der Waals surface area contributed by atoms with Gasteiger partial charge in [0.25, 0.3) is 0 Å². The Balaban J connectivity index is 1.71. The van der Waals surface area contributed by atoms with E-state index in [4.69, 9.17) is 23.2 Å². The van der Waals surface area contributed by atoms with Crippen LogP contribution in [0.5, 0.6) is 0 Å². The van der Waals surface area contributed by atoms with Crippen LogP contribution >= 0.6 is 46.3 Å². The van der Waals surface area contributed by atoms with Gasteiger partial charge in [0.1, 0.15) is 0 Å². The molecule has 0 saturated heterocycles. The minimum absolute atomic E-state index is 0.185. The predicted octanol–water partition coefficient (Wildman–Crippen LogP) is 4.97. The molecule has 0 spiro atoms. The minimum Gasteiger partial charge on any atom is -0.324 e. The van der Waals surface area contributed by atoms with Crippen molar-refractivity contribution in [1.29, 1.82) is 0 Å². The smallest absolute Gasteiger partial charge is 0.237 e. The molecule has 130 valence electrons. The van der Waals surface area contributed by atoms with Crippen molar-refractivity contribution in [2.24, 2.45) is 7.05 Å². The van der Waals surface area contributed by atoms with Crippen LogP contribution in [-0.4, -0.2) is 25.9 Å². The van der Waals surface area contributed by atoms with E-state index in [0.717, 1.165) is 10.7 Å². The molecule has 9 heteroatoms. The van der Waals surface area contributed by atoms with Gasteiger partial charge in [-0.05, 0) is 36.6 Å². The number of hydrogen-bond acceptors (Lipinski definition) is 5. The molecular weight excluding hydrogens is 399 g/mol. The molecule has 0 fully saturated rings. The number of rotatable bonds is 5. The van der Waals surface area contributed by atoms with Gasteiger partial charge < -0.3 is 9.88 Å². The fraction of sp³-hybridized carbons (Fsp3) is 0.188. The molecule has 2 heterocycles. The molecule has 1 unspecified atom stereocenters. The third-order valence-electron chi connectivity index (χ3n) is 3.41. The van der Waals surface area contributed by atoms with Crippen molar-refractivity contribution < 1.29 is 4.79 Å². The van der Waals surface area contributed by atoms with Crippen LogP contribution < -0.4 is 5.32 Å². The number of nitrogens with zero attached hydrogens (tertiary/aromatic N) is 3. The minimum atomic E-state index is -0.380. The van der Waals surface area contributed by atoms with E-state index in [-0.39, 0.29) is 11.2 Å². The normalized spacial score (nSPS) is 12.2. The number of halogens is 2. The number of thiophene rings is 1. The molecule has 0 aliphatic heterocycles. The van der Waals surface area contributed by atoms with Crippen LogP contribution in [0.2, 0.25) is 10.0 Å². The monoisotopic (exact) mass is 412 g/mol. The lowest BCUT2D eigenvalue weighted by Gasteiger charge is -2.12. The van der Waals surface area contributed by atoms with Crippen LogP contribution in [0.4, 0.5) is 5.69 Å². The number of carbonyl (C=O) groups is 1. The van der Waals surface area contributed by atoms with Gasteiger partial charge in [-0.2, -0.15) is 0 Å². The van der Waals surface area contributed by atoms with Crippen molar-refractivity contribution in [3.8, 4) is 10.7 Å². The zero-order valence-electron chi connectivity index (χ0n) is 13.4. The maximum atomic E-state index is 12.4. The summed E-state index contributed by atoms with van der Waals surface area (Å²) in [4.78, 5) is 13.5. The van der Waals surface area contributed by atoms with Crippen LogP contribution in [0.3, 0.4) is 0 Å². The number of aromatic nitrogens is 3. The predicted molar refractivity (Wildman–Crippen MR) is 105 cm³/mol. The summed E-state index contributed by atoms with van der Waals surface area (Å²) >= 11 is 15.0. The maximum absolute atomic E-state index is 12.4. The van der Waals surface area contributed by atoms with Crippen molar-refractivity contribution in [3.63, 3.8) is 0 Å². The highest BCUT2D eigenvalue weighted by molar-refractivity contribution is 8.00. The molecule has 2 aromatic heterocycles. The Hall–Kier alpha value is -1.54. The van der Waals surface area contributed by atoms with E-state index < -0.39 is 0 Å². The topological polar surface area (TPSA) is 59.8 Å². The fourth-order valence-corrected chi connectivity index (χ4v) is 3.97. The first-order valence-electron chi connectivity index (χ1n) is 7.31. The van der Waals surface area contributed by atoms with E-state index in [2.05, 4.69) is 15.5 Å². The Labute approximate surface area is 163 Å². The van der Waals surface area contributed by atoms with Crippen molar-refractivity contribution >= 4 is 57.9 Å². The van der Waals surface area contributed by atoms with Crippen molar-refractivity contribution in [3.05, 3.63) is 45.8 Å². The molecule has 0 bridgehead atoms. The zero-order chi connectivity index (χ0) is 18.0. The summed E-state index contributed by atoms with van der Waals surface area (Å²) in [6.07, 6.45) is 0. The van der Waals surface area contributed by atoms with Gasteiger partial charge in [-0.15, -0.1) is 21.5 Å². The summed E-state index contributed by atoms with van der Waals surface area (Å²) in [6.45, 7) is 1.80. The fourth-order valence-electron chi connectivity index (χ4n) is 2.08. The highest BCUT2D eigenvalue weighted by Crippen LogP contribution is 2.30. The molecule has 0 radical (unpaired) electrons. The van der Waals surface area contributed by atoms with Crippen molar-refractivity contribution in [2.45, 2.75) is 17.3 Å². The second-order valence-electron chi connectivity index (χ2n) is 5.22. The molecule has 3 aromatic rings. The molecule has 0 aliphatic carbocycles. The lowest BCUT2D eigenvalue weighted by atomic mass is 10.3. The summed E-state index contributed by atoms with van der Waals surface area (Å²) < 4.78 is 1.88. The average molecular weight is 413 g/mol. The second kappa shape index (κ2) is 7.78. The molecule has 1 atom stereocenters. The summed E-state index contributed by atoms with van der Waals surface area (Å²) in [5.41, 5.74) is 0.490. The Kier molecular flexibility index (Phi) is 5.68. The number of amides is 1. The Morgan fingerprint density at radius 3 is 2.84 bits per heavy atom. The molecule has 1 amide bonds. The largest absolute Gasteiger partial charge is 0.324 e. The molecule has 5 nitrogen and oxygen atoms in total. The maximum Gasteiger partial charge on any atom is 0.237 e. The van der Waals surface area contributed by atoms with Crippen LogP contribution in [-0.2, 0) is 11.8 Å². The van der Waals surface area contributed by atoms with E-state index in [0.29, 0.717) is 20.9 Å². The number of anilines is 1. The third kappa shape index (κ3) is 4.17. The highest BCUT2D eigenvalue weighted by atomic mass is 35.5. The number of hydrogen-bond donors (Lipinski definition) is 1. The molecule has 1 aromatic carbocycles. The van der Waals surface area contributed by atoms with E-state index in [1.54, 1.807) is 36.5 Å². The van der Waals surface area contributed by atoms with E-state index in [1.807, 2.05) is 29.1 Å². The number of nitrogens with one attached hydrogen (secondary N) is 1. The first-order valence-corrected chi connectivity index (χ1v) is 9.83. The highest BCUT2D eigenvalue weighted by Gasteiger charge is 2.20. The summed E-state index contributed by atoms with van der Waals surface area (Å²) in [7, 11) is 1.88. The molecule has 0 saturated carbocycles. The summed E-state index contributed by atoms with van der Waals surface area (Å²) in [6, 6.07) is 8.89. The van der Waals surface area contributed by atoms with Gasteiger partial charge in [0.2, 0.25) is 5.91 Å². The first-order chi connectivity index (χ1) is 12.0. The first kappa shape index (κ1) is 18.3. The van der Waals surface area contributed by atoms with Crippen molar-refractivity contribution in [1.82, 2.24) is 14.8 Å². The molecule has 25 heavy (non-hydrogen) atoms. The average Bonchev–Trinajstić information content (AvgIpc) is 3.21. The van der Waals surface area contributed by atoms with Gasteiger partial charge in [-0.1, -0.05) is 41.0 Å². The molecule has 0 aliphatic rings. The van der Waals surface area contributed by atoms with Crippen LogP contribution in [0.15, 0.2) is 40.9 Å². The zero-order valence-corrected chi connectivity index (χ0v) is 16.5. The molecule has 1 N–H and O–H groups in total. The van der Waals surface area contributed by atoms with Gasteiger partial charge in [0.05, 0.1) is 20.8 Å². The van der Waals surface area contributed by atoms with Gasteiger partial charge in [-0.25, -0.2) is 0 Å². The summed E-state index contributed by atoms with van der Waals surface area (Å²) in [5, 5.41) is 14.4. The third-order valence-corrected chi connectivity index (χ3v) is 5.98. The molecule has 3 rings (SSSR count). The van der Waals surface area contributed by atoms with Gasteiger partial charge in [-0.3, -0.25) is 4.79 Å². The van der Waals surface area contributed by atoms with Crippen LogP contribution in [0.25, 0.3) is 10.7 Å². The van der Waals surface area contributed by atoms with Gasteiger partial charge in [0.15, 0.2) is 11.0 Å². The van der Waals surface area contributed by atoms with Gasteiger partial charge in [0, 0.05) is 12.1 Å². The van der Waals surface area contributed by atoms with Gasteiger partial charge >= 0.3 is 0 Å². The van der Waals surface area contributed by atoms with E-state index in [9.17, 15) is 4.79 Å². The SMILES string of the molecule is CC(Sc1nnc(-c2cccs2)n1C)C(=O)Nc1cc(Cl)ccc1Cl. The van der Waals surface area contributed by atoms with Crippen molar-refractivity contribution in [2.75, 3.05) is 5.32 Å². The summed E-state index contributed by atoms with van der Waals surface area (Å²) in [5.74, 6) is 0.595. The number of thioether (sulfide) groups is 1. The lowest BCUT2D eigenvalue weighted by Crippen LogP contribution is -2.23. The Morgan fingerprint density at radius 2 is 2.12 bits per heavy atom. The Bertz CT molecular complexity index is 896. The Morgan fingerprint density at radius 1 is 1.32 bits per heavy atom. The number of benzene rings is 1.